The molecule has 0 aromatic heterocycles. The van der Waals surface area contributed by atoms with Crippen LogP contribution in [-0.2, 0) is 13.0 Å². The zero-order valence-corrected chi connectivity index (χ0v) is 18.0. The number of halogens is 1. The molecule has 0 bridgehead atoms. The highest BCUT2D eigenvalue weighted by Crippen LogP contribution is 2.40. The summed E-state index contributed by atoms with van der Waals surface area (Å²) in [7, 11) is 3.24. The molecule has 1 aliphatic rings. The maximum Gasteiger partial charge on any atom is 0.315 e. The fraction of sp³-hybridized carbons (Fsp3) is 0.435. The van der Waals surface area contributed by atoms with E-state index in [1.165, 1.54) is 6.07 Å². The average Bonchev–Trinajstić information content (AvgIpc) is 2.72. The van der Waals surface area contributed by atoms with Gasteiger partial charge in [0.15, 0.2) is 11.5 Å². The number of benzene rings is 2. The molecule has 2 aromatic rings. The predicted octanol–water partition coefficient (Wildman–Crippen LogP) is 3.65. The Morgan fingerprint density at radius 3 is 2.63 bits per heavy atom. The lowest BCUT2D eigenvalue weighted by Gasteiger charge is -2.41. The van der Waals surface area contributed by atoms with Crippen molar-refractivity contribution in [3.05, 3.63) is 58.9 Å². The second-order valence-electron chi connectivity index (χ2n) is 7.49. The molecule has 162 valence electrons. The van der Waals surface area contributed by atoms with Crippen LogP contribution in [0.5, 0.6) is 11.5 Å². The van der Waals surface area contributed by atoms with Crippen molar-refractivity contribution in [2.24, 2.45) is 0 Å². The molecule has 30 heavy (non-hydrogen) atoms. The van der Waals surface area contributed by atoms with Crippen LogP contribution in [0.15, 0.2) is 36.4 Å². The van der Waals surface area contributed by atoms with E-state index in [1.807, 2.05) is 32.0 Å². The van der Waals surface area contributed by atoms with Crippen molar-refractivity contribution in [2.45, 2.75) is 38.9 Å². The van der Waals surface area contributed by atoms with Crippen molar-refractivity contribution in [1.82, 2.24) is 15.5 Å². The van der Waals surface area contributed by atoms with Crippen molar-refractivity contribution >= 4 is 6.03 Å². The molecule has 0 spiro atoms. The first-order chi connectivity index (χ1) is 14.5. The van der Waals surface area contributed by atoms with Crippen LogP contribution in [0.2, 0.25) is 0 Å². The zero-order valence-electron chi connectivity index (χ0n) is 18.0. The largest absolute Gasteiger partial charge is 0.493 e. The monoisotopic (exact) mass is 415 g/mol. The van der Waals surface area contributed by atoms with E-state index in [1.54, 1.807) is 26.4 Å². The first kappa shape index (κ1) is 21.9. The van der Waals surface area contributed by atoms with E-state index in [2.05, 4.69) is 15.5 Å². The van der Waals surface area contributed by atoms with Crippen LogP contribution in [0.1, 0.15) is 36.6 Å². The van der Waals surface area contributed by atoms with Crippen LogP contribution in [0.4, 0.5) is 9.18 Å². The number of rotatable bonds is 7. The molecule has 2 unspecified atom stereocenters. The Bertz CT molecular complexity index is 890. The molecule has 1 heterocycles. The van der Waals surface area contributed by atoms with Gasteiger partial charge < -0.3 is 20.1 Å². The third-order valence-corrected chi connectivity index (χ3v) is 5.47. The van der Waals surface area contributed by atoms with Crippen LogP contribution in [0, 0.1) is 5.82 Å². The van der Waals surface area contributed by atoms with E-state index in [-0.39, 0.29) is 23.9 Å². The molecule has 2 N–H and O–H groups in total. The molecule has 0 saturated carbocycles. The Hall–Kier alpha value is -2.80. The van der Waals surface area contributed by atoms with Gasteiger partial charge in [0, 0.05) is 25.7 Å². The fourth-order valence-electron chi connectivity index (χ4n) is 4.16. The zero-order chi connectivity index (χ0) is 21.7. The second kappa shape index (κ2) is 9.80. The lowest BCUT2D eigenvalue weighted by atomic mass is 9.87. The maximum atomic E-state index is 13.7. The molecule has 1 aliphatic heterocycles. The Morgan fingerprint density at radius 2 is 1.97 bits per heavy atom. The normalized spacial score (nSPS) is 17.0. The van der Waals surface area contributed by atoms with Crippen LogP contribution in [-0.4, -0.2) is 44.3 Å². The van der Waals surface area contributed by atoms with Crippen molar-refractivity contribution in [1.29, 1.82) is 0 Å². The number of fused-ring (bicyclic) bond motifs is 1. The average molecular weight is 416 g/mol. The van der Waals surface area contributed by atoms with Gasteiger partial charge in [0.05, 0.1) is 20.3 Å². The summed E-state index contributed by atoms with van der Waals surface area (Å²) < 4.78 is 24.7. The van der Waals surface area contributed by atoms with Crippen molar-refractivity contribution in [2.75, 3.05) is 27.3 Å². The maximum absolute atomic E-state index is 13.7. The first-order valence-electron chi connectivity index (χ1n) is 10.2. The standard InChI is InChI=1S/C23H30FN3O3/c1-5-25-23(28)26-15(2)22-19-13-21(30-4)20(29-3)12-17(19)9-10-27(22)14-16-7-6-8-18(24)11-16/h6-8,11-13,15,22H,5,9-10,14H2,1-4H3,(H2,25,26,28). The minimum atomic E-state index is -0.249. The van der Waals surface area contributed by atoms with E-state index >= 15 is 0 Å². The van der Waals surface area contributed by atoms with E-state index in [0.717, 1.165) is 29.7 Å². The molecule has 2 atom stereocenters. The van der Waals surface area contributed by atoms with Crippen LogP contribution in [0.3, 0.4) is 0 Å². The summed E-state index contributed by atoms with van der Waals surface area (Å²) >= 11 is 0. The van der Waals surface area contributed by atoms with Gasteiger partial charge in [-0.15, -0.1) is 0 Å². The highest BCUT2D eigenvalue weighted by molar-refractivity contribution is 5.74. The number of methoxy groups -OCH3 is 2. The molecule has 7 heteroatoms. The predicted molar refractivity (Wildman–Crippen MR) is 114 cm³/mol. The van der Waals surface area contributed by atoms with Crippen LogP contribution >= 0.6 is 0 Å². The Morgan fingerprint density at radius 1 is 1.23 bits per heavy atom. The van der Waals surface area contributed by atoms with Gasteiger partial charge in [-0.25, -0.2) is 9.18 Å². The van der Waals surface area contributed by atoms with Gasteiger partial charge in [0.2, 0.25) is 0 Å². The number of urea groups is 1. The Balaban J connectivity index is 1.97. The van der Waals surface area contributed by atoms with Gasteiger partial charge in [0.1, 0.15) is 5.82 Å². The summed E-state index contributed by atoms with van der Waals surface area (Å²) in [4.78, 5) is 14.5. The smallest absolute Gasteiger partial charge is 0.315 e. The number of hydrogen-bond donors (Lipinski definition) is 2. The topological polar surface area (TPSA) is 62.8 Å². The summed E-state index contributed by atoms with van der Waals surface area (Å²) in [5.41, 5.74) is 3.14. The number of carbonyl (C=O) groups is 1. The number of nitrogens with zero attached hydrogens (tertiary/aromatic N) is 1. The van der Waals surface area contributed by atoms with Crippen molar-refractivity contribution in [3.63, 3.8) is 0 Å². The molecular formula is C23H30FN3O3. The number of carbonyl (C=O) groups excluding carboxylic acids is 1. The second-order valence-corrected chi connectivity index (χ2v) is 7.49. The quantitative estimate of drug-likeness (QED) is 0.725. The molecule has 0 radical (unpaired) electrons. The number of hydrogen-bond acceptors (Lipinski definition) is 4. The molecule has 2 aromatic carbocycles. The lowest BCUT2D eigenvalue weighted by molar-refractivity contribution is 0.143. The Labute approximate surface area is 177 Å². The Kier molecular flexibility index (Phi) is 7.15. The molecule has 0 fully saturated rings. The van der Waals surface area contributed by atoms with E-state index in [9.17, 15) is 9.18 Å². The van der Waals surface area contributed by atoms with E-state index in [4.69, 9.17) is 9.47 Å². The number of amides is 2. The number of ether oxygens (including phenoxy) is 2. The minimum Gasteiger partial charge on any atom is -0.493 e. The molecule has 0 aliphatic carbocycles. The summed E-state index contributed by atoms with van der Waals surface area (Å²) in [5.74, 6) is 1.10. The summed E-state index contributed by atoms with van der Waals surface area (Å²) in [5, 5.41) is 5.84. The van der Waals surface area contributed by atoms with Crippen molar-refractivity contribution < 1.29 is 18.7 Å². The van der Waals surface area contributed by atoms with E-state index in [0.29, 0.717) is 24.6 Å². The lowest BCUT2D eigenvalue weighted by Crippen LogP contribution is -2.49. The molecule has 3 rings (SSSR count). The highest BCUT2D eigenvalue weighted by atomic mass is 19.1. The summed E-state index contributed by atoms with van der Waals surface area (Å²) in [6, 6.07) is 10.2. The van der Waals surface area contributed by atoms with Gasteiger partial charge >= 0.3 is 6.03 Å². The van der Waals surface area contributed by atoms with Crippen LogP contribution in [0.25, 0.3) is 0 Å². The van der Waals surface area contributed by atoms with Gasteiger partial charge in [-0.3, -0.25) is 4.90 Å². The summed E-state index contributed by atoms with van der Waals surface area (Å²) in [6.07, 6.45) is 0.829. The number of nitrogens with one attached hydrogen (secondary N) is 2. The van der Waals surface area contributed by atoms with Gasteiger partial charge in [-0.2, -0.15) is 0 Å². The third-order valence-electron chi connectivity index (χ3n) is 5.47. The minimum absolute atomic E-state index is 0.0978. The van der Waals surface area contributed by atoms with Gasteiger partial charge in [-0.05, 0) is 61.2 Å². The van der Waals surface area contributed by atoms with Gasteiger partial charge in [0.25, 0.3) is 0 Å². The molecule has 2 amide bonds. The SMILES string of the molecule is CCNC(=O)NC(C)C1c2cc(OC)c(OC)cc2CCN1Cc1cccc(F)c1. The molecule has 0 saturated heterocycles. The highest BCUT2D eigenvalue weighted by Gasteiger charge is 2.33. The van der Waals surface area contributed by atoms with Crippen molar-refractivity contribution in [3.8, 4) is 11.5 Å². The first-order valence-corrected chi connectivity index (χ1v) is 10.2. The third kappa shape index (κ3) is 4.84. The molecular weight excluding hydrogens is 385 g/mol. The molecule has 6 nitrogen and oxygen atoms in total. The van der Waals surface area contributed by atoms with Crippen LogP contribution < -0.4 is 20.1 Å². The van der Waals surface area contributed by atoms with E-state index < -0.39 is 0 Å². The summed E-state index contributed by atoms with van der Waals surface area (Å²) in [6.45, 7) is 5.79. The fourth-order valence-corrected chi connectivity index (χ4v) is 4.16. The van der Waals surface area contributed by atoms with Gasteiger partial charge in [-0.1, -0.05) is 12.1 Å².